The van der Waals surface area contributed by atoms with Gasteiger partial charge in [-0.25, -0.2) is 0 Å². The summed E-state index contributed by atoms with van der Waals surface area (Å²) in [5.74, 6) is 0.859. The van der Waals surface area contributed by atoms with Crippen LogP contribution < -0.4 is 4.74 Å². The number of benzene rings is 1. The largest absolute Gasteiger partial charge is 0.504 e. The van der Waals surface area contributed by atoms with Crippen LogP contribution in [0.25, 0.3) is 0 Å². The molecule has 0 aliphatic carbocycles. The second-order valence-corrected chi connectivity index (χ2v) is 5.67. The number of likely N-dealkylation sites (N-methyl/N-ethyl adjacent to an activating group) is 2. The van der Waals surface area contributed by atoms with E-state index in [0.29, 0.717) is 18.4 Å². The summed E-state index contributed by atoms with van der Waals surface area (Å²) in [6.45, 7) is 5.48. The molecule has 1 aliphatic rings. The maximum atomic E-state index is 10.2. The predicted octanol–water partition coefficient (Wildman–Crippen LogP) is 2.32. The molecule has 1 aromatic rings. The Labute approximate surface area is 122 Å². The van der Waals surface area contributed by atoms with E-state index in [4.69, 9.17) is 4.74 Å². The van der Waals surface area contributed by atoms with E-state index < -0.39 is 0 Å². The van der Waals surface area contributed by atoms with Crippen molar-refractivity contribution in [3.8, 4) is 11.5 Å². The molecule has 1 heterocycles. The highest BCUT2D eigenvalue weighted by atomic mass is 16.5. The van der Waals surface area contributed by atoms with Gasteiger partial charge in [-0.05, 0) is 46.5 Å². The zero-order chi connectivity index (χ0) is 14.5. The Hall–Kier alpha value is -1.26. The molecule has 0 spiro atoms. The van der Waals surface area contributed by atoms with Crippen molar-refractivity contribution >= 4 is 0 Å². The summed E-state index contributed by atoms with van der Waals surface area (Å²) in [7, 11) is 4.30. The number of para-hydroxylation sites is 1. The number of phenols is 1. The second kappa shape index (κ2) is 6.95. The smallest absolute Gasteiger partial charge is 0.162 e. The summed E-state index contributed by atoms with van der Waals surface area (Å²) in [6.07, 6.45) is 2.56. The van der Waals surface area contributed by atoms with Crippen molar-refractivity contribution in [2.75, 3.05) is 33.8 Å². The van der Waals surface area contributed by atoms with E-state index in [9.17, 15) is 5.11 Å². The SMILES string of the molecule is CCOc1cccc(CN(C)CC2CCCN2C)c1O. The number of hydrogen-bond donors (Lipinski definition) is 1. The summed E-state index contributed by atoms with van der Waals surface area (Å²) in [6, 6.07) is 6.35. The normalized spacial score (nSPS) is 19.7. The first kappa shape index (κ1) is 15.1. The Morgan fingerprint density at radius 3 is 2.90 bits per heavy atom. The average Bonchev–Trinajstić information content (AvgIpc) is 2.80. The van der Waals surface area contributed by atoms with Gasteiger partial charge in [-0.3, -0.25) is 0 Å². The molecule has 0 saturated carbocycles. The Balaban J connectivity index is 1.96. The fourth-order valence-electron chi connectivity index (χ4n) is 2.89. The van der Waals surface area contributed by atoms with E-state index in [2.05, 4.69) is 23.9 Å². The number of likely N-dealkylation sites (tertiary alicyclic amines) is 1. The lowest BCUT2D eigenvalue weighted by molar-refractivity contribution is 0.213. The lowest BCUT2D eigenvalue weighted by Crippen LogP contribution is -2.36. The maximum Gasteiger partial charge on any atom is 0.162 e. The molecule has 1 fully saturated rings. The Bertz CT molecular complexity index is 436. The minimum atomic E-state index is 0.279. The van der Waals surface area contributed by atoms with Gasteiger partial charge in [0.05, 0.1) is 6.61 Å². The molecule has 112 valence electrons. The van der Waals surface area contributed by atoms with Crippen LogP contribution >= 0.6 is 0 Å². The van der Waals surface area contributed by atoms with Gasteiger partial charge < -0.3 is 19.6 Å². The Kier molecular flexibility index (Phi) is 5.26. The van der Waals surface area contributed by atoms with Crippen LogP contribution in [0, 0.1) is 0 Å². The molecule has 1 unspecified atom stereocenters. The van der Waals surface area contributed by atoms with E-state index >= 15 is 0 Å². The highest BCUT2D eigenvalue weighted by Gasteiger charge is 2.22. The van der Waals surface area contributed by atoms with Crippen LogP contribution in [0.5, 0.6) is 11.5 Å². The molecule has 1 atom stereocenters. The Morgan fingerprint density at radius 1 is 1.45 bits per heavy atom. The molecule has 20 heavy (non-hydrogen) atoms. The van der Waals surface area contributed by atoms with Gasteiger partial charge in [-0.15, -0.1) is 0 Å². The van der Waals surface area contributed by atoms with Crippen LogP contribution in [-0.4, -0.2) is 54.7 Å². The number of ether oxygens (including phenoxy) is 1. The molecule has 4 heteroatoms. The van der Waals surface area contributed by atoms with E-state index in [1.54, 1.807) is 0 Å². The second-order valence-electron chi connectivity index (χ2n) is 5.67. The standard InChI is InChI=1S/C16H26N2O2/c1-4-20-15-9-5-7-13(16(15)19)11-17(2)12-14-8-6-10-18(14)3/h5,7,9,14,19H,4,6,8,10-12H2,1-3H3. The molecule has 1 aliphatic heterocycles. The number of rotatable bonds is 6. The molecular weight excluding hydrogens is 252 g/mol. The number of nitrogens with zero attached hydrogens (tertiary/aromatic N) is 2. The topological polar surface area (TPSA) is 35.9 Å². The number of phenolic OH excluding ortho intramolecular Hbond substituents is 1. The van der Waals surface area contributed by atoms with Crippen LogP contribution in [0.2, 0.25) is 0 Å². The van der Waals surface area contributed by atoms with Crippen molar-refractivity contribution in [1.29, 1.82) is 0 Å². The summed E-state index contributed by atoms with van der Waals surface area (Å²) in [5.41, 5.74) is 0.930. The van der Waals surface area contributed by atoms with Gasteiger partial charge in [0.2, 0.25) is 0 Å². The van der Waals surface area contributed by atoms with Gasteiger partial charge in [-0.2, -0.15) is 0 Å². The average molecular weight is 278 g/mol. The highest BCUT2D eigenvalue weighted by Crippen LogP contribution is 2.30. The summed E-state index contributed by atoms with van der Waals surface area (Å²) >= 11 is 0. The van der Waals surface area contributed by atoms with Crippen LogP contribution in [0.4, 0.5) is 0 Å². The van der Waals surface area contributed by atoms with Crippen LogP contribution in [-0.2, 0) is 6.54 Å². The van der Waals surface area contributed by atoms with E-state index in [1.165, 1.54) is 19.4 Å². The van der Waals surface area contributed by atoms with Crippen molar-refractivity contribution in [2.24, 2.45) is 0 Å². The summed E-state index contributed by atoms with van der Waals surface area (Å²) in [5, 5.41) is 10.2. The molecule has 1 N–H and O–H groups in total. The maximum absolute atomic E-state index is 10.2. The highest BCUT2D eigenvalue weighted by molar-refractivity contribution is 5.45. The molecule has 4 nitrogen and oxygen atoms in total. The van der Waals surface area contributed by atoms with Gasteiger partial charge >= 0.3 is 0 Å². The minimum Gasteiger partial charge on any atom is -0.504 e. The molecule has 0 amide bonds. The lowest BCUT2D eigenvalue weighted by atomic mass is 10.1. The molecule has 0 radical (unpaired) electrons. The summed E-state index contributed by atoms with van der Waals surface area (Å²) in [4.78, 5) is 4.70. The first-order valence-electron chi connectivity index (χ1n) is 7.44. The molecule has 1 aromatic carbocycles. The monoisotopic (exact) mass is 278 g/mol. The Morgan fingerprint density at radius 2 is 2.25 bits per heavy atom. The lowest BCUT2D eigenvalue weighted by Gasteiger charge is -2.26. The van der Waals surface area contributed by atoms with Crippen molar-refractivity contribution in [3.63, 3.8) is 0 Å². The predicted molar refractivity (Wildman–Crippen MR) is 81.3 cm³/mol. The van der Waals surface area contributed by atoms with Gasteiger partial charge in [0.1, 0.15) is 0 Å². The van der Waals surface area contributed by atoms with Crippen LogP contribution in [0.1, 0.15) is 25.3 Å². The first-order valence-corrected chi connectivity index (χ1v) is 7.44. The molecule has 2 rings (SSSR count). The minimum absolute atomic E-state index is 0.279. The van der Waals surface area contributed by atoms with E-state index in [1.807, 2.05) is 25.1 Å². The number of hydrogen-bond acceptors (Lipinski definition) is 4. The summed E-state index contributed by atoms with van der Waals surface area (Å²) < 4.78 is 5.43. The van der Waals surface area contributed by atoms with Gasteiger partial charge in [0.15, 0.2) is 11.5 Å². The van der Waals surface area contributed by atoms with Crippen LogP contribution in [0.3, 0.4) is 0 Å². The van der Waals surface area contributed by atoms with Crippen molar-refractivity contribution in [2.45, 2.75) is 32.4 Å². The van der Waals surface area contributed by atoms with Crippen molar-refractivity contribution in [3.05, 3.63) is 23.8 Å². The number of aromatic hydroxyl groups is 1. The molecular formula is C16H26N2O2. The quantitative estimate of drug-likeness (QED) is 0.866. The zero-order valence-electron chi connectivity index (χ0n) is 12.8. The molecule has 1 saturated heterocycles. The zero-order valence-corrected chi connectivity index (χ0v) is 12.8. The van der Waals surface area contributed by atoms with E-state index in [-0.39, 0.29) is 5.75 Å². The van der Waals surface area contributed by atoms with Gasteiger partial charge in [-0.1, -0.05) is 12.1 Å². The third-order valence-corrected chi connectivity index (χ3v) is 4.02. The fraction of sp³-hybridized carbons (Fsp3) is 0.625. The van der Waals surface area contributed by atoms with E-state index in [0.717, 1.165) is 18.7 Å². The van der Waals surface area contributed by atoms with Gasteiger partial charge in [0, 0.05) is 24.7 Å². The third-order valence-electron chi connectivity index (χ3n) is 4.02. The first-order chi connectivity index (χ1) is 9.61. The van der Waals surface area contributed by atoms with Crippen LogP contribution in [0.15, 0.2) is 18.2 Å². The molecule has 0 bridgehead atoms. The van der Waals surface area contributed by atoms with Gasteiger partial charge in [0.25, 0.3) is 0 Å². The fourth-order valence-corrected chi connectivity index (χ4v) is 2.89. The molecule has 0 aromatic heterocycles. The third kappa shape index (κ3) is 3.64. The van der Waals surface area contributed by atoms with Crippen molar-refractivity contribution in [1.82, 2.24) is 9.80 Å². The van der Waals surface area contributed by atoms with Crippen molar-refractivity contribution < 1.29 is 9.84 Å².